The highest BCUT2D eigenvalue weighted by Gasteiger charge is 2.49. The van der Waals surface area contributed by atoms with Crippen LogP contribution in [0.3, 0.4) is 0 Å². The summed E-state index contributed by atoms with van der Waals surface area (Å²) in [6.45, 7) is 2.42. The van der Waals surface area contributed by atoms with E-state index in [1.54, 1.807) is 12.1 Å². The van der Waals surface area contributed by atoms with Gasteiger partial charge in [0.05, 0.1) is 30.6 Å². The molecule has 7 heteroatoms. The van der Waals surface area contributed by atoms with Crippen molar-refractivity contribution in [3.63, 3.8) is 0 Å². The Morgan fingerprint density at radius 1 is 0.659 bits per heavy atom. The predicted octanol–water partition coefficient (Wildman–Crippen LogP) is 6.69. The first-order chi connectivity index (χ1) is 20.1. The second kappa shape index (κ2) is 14.1. The summed E-state index contributed by atoms with van der Waals surface area (Å²) < 4.78 is 24.1. The van der Waals surface area contributed by atoms with Gasteiger partial charge >= 0.3 is 11.9 Å². The third-order valence-electron chi connectivity index (χ3n) is 6.70. The van der Waals surface area contributed by atoms with E-state index >= 15 is 0 Å². The highest BCUT2D eigenvalue weighted by atomic mass is 32.2. The van der Waals surface area contributed by atoms with Crippen LogP contribution in [0.1, 0.15) is 28.4 Å². The fraction of sp³-hybridized carbons (Fsp3) is 0.235. The molecule has 0 N–H and O–H groups in total. The quantitative estimate of drug-likeness (QED) is 0.187. The lowest BCUT2D eigenvalue weighted by molar-refractivity contribution is -0.150. The third-order valence-corrected chi connectivity index (χ3v) is 8.09. The summed E-state index contributed by atoms with van der Waals surface area (Å²) >= 11 is 1.39. The Kier molecular flexibility index (Phi) is 9.86. The van der Waals surface area contributed by atoms with Crippen LogP contribution in [-0.4, -0.2) is 41.4 Å². The van der Waals surface area contributed by atoms with Crippen LogP contribution < -0.4 is 0 Å². The highest BCUT2D eigenvalue weighted by molar-refractivity contribution is 8.00. The lowest BCUT2D eigenvalue weighted by atomic mass is 10.0. The van der Waals surface area contributed by atoms with E-state index in [0.29, 0.717) is 25.4 Å². The van der Waals surface area contributed by atoms with Crippen molar-refractivity contribution in [2.24, 2.45) is 0 Å². The van der Waals surface area contributed by atoms with E-state index in [2.05, 4.69) is 0 Å². The molecule has 1 saturated heterocycles. The van der Waals surface area contributed by atoms with Crippen LogP contribution in [0.15, 0.2) is 115 Å². The third kappa shape index (κ3) is 7.85. The van der Waals surface area contributed by atoms with E-state index in [9.17, 15) is 9.59 Å². The van der Waals surface area contributed by atoms with Crippen molar-refractivity contribution < 1.29 is 28.5 Å². The molecular weight excluding hydrogens is 536 g/mol. The molecule has 1 aliphatic rings. The molecule has 4 aromatic carbocycles. The van der Waals surface area contributed by atoms with Gasteiger partial charge in [-0.25, -0.2) is 4.79 Å². The minimum Gasteiger partial charge on any atom is -0.451 e. The number of carbonyl (C=O) groups excluding carboxylic acids is 2. The summed E-state index contributed by atoms with van der Waals surface area (Å²) in [7, 11) is 0. The van der Waals surface area contributed by atoms with Gasteiger partial charge in [0.2, 0.25) is 0 Å². The fourth-order valence-corrected chi connectivity index (χ4v) is 6.13. The number of esters is 2. The topological polar surface area (TPSA) is 71.1 Å². The Morgan fingerprint density at radius 2 is 1.22 bits per heavy atom. The maximum Gasteiger partial charge on any atom is 0.338 e. The van der Waals surface area contributed by atoms with Crippen molar-refractivity contribution >= 4 is 23.7 Å². The average Bonchev–Trinajstić information content (AvgIpc) is 3.32. The molecule has 0 saturated carbocycles. The van der Waals surface area contributed by atoms with Gasteiger partial charge in [-0.1, -0.05) is 103 Å². The Balaban J connectivity index is 1.33. The van der Waals surface area contributed by atoms with E-state index in [0.717, 1.165) is 22.3 Å². The van der Waals surface area contributed by atoms with Crippen LogP contribution in [0.2, 0.25) is 0 Å². The van der Waals surface area contributed by atoms with E-state index < -0.39 is 29.6 Å². The fourth-order valence-electron chi connectivity index (χ4n) is 4.67. The first-order valence-corrected chi connectivity index (χ1v) is 14.5. The molecule has 0 aromatic heterocycles. The summed E-state index contributed by atoms with van der Waals surface area (Å²) in [6.07, 6.45) is -1.38. The van der Waals surface area contributed by atoms with Gasteiger partial charge in [-0.3, -0.25) is 4.79 Å². The maximum absolute atomic E-state index is 13.3. The molecule has 1 unspecified atom stereocenters. The number of rotatable bonds is 11. The molecule has 210 valence electrons. The van der Waals surface area contributed by atoms with Crippen LogP contribution in [0.25, 0.3) is 11.1 Å². The van der Waals surface area contributed by atoms with E-state index in [1.165, 1.54) is 18.7 Å². The minimum atomic E-state index is -0.820. The van der Waals surface area contributed by atoms with Gasteiger partial charge in [-0.15, -0.1) is 11.8 Å². The summed E-state index contributed by atoms with van der Waals surface area (Å²) in [5.41, 5.74) is 3.76. The van der Waals surface area contributed by atoms with Crippen molar-refractivity contribution in [3.05, 3.63) is 132 Å². The molecule has 1 heterocycles. The predicted molar refractivity (Wildman–Crippen MR) is 159 cm³/mol. The minimum absolute atomic E-state index is 0.231. The van der Waals surface area contributed by atoms with Crippen LogP contribution in [0, 0.1) is 0 Å². The molecule has 1 fully saturated rings. The maximum atomic E-state index is 13.3. The molecular formula is C34H32O6S. The summed E-state index contributed by atoms with van der Waals surface area (Å²) in [6, 6.07) is 36.9. The Morgan fingerprint density at radius 3 is 1.83 bits per heavy atom. The van der Waals surface area contributed by atoms with Crippen molar-refractivity contribution in [2.45, 2.75) is 43.0 Å². The summed E-state index contributed by atoms with van der Waals surface area (Å²) in [4.78, 5) is 25.4. The molecule has 0 radical (unpaired) electrons. The van der Waals surface area contributed by atoms with Gasteiger partial charge in [-0.2, -0.15) is 0 Å². The largest absolute Gasteiger partial charge is 0.451 e. The Hall–Kier alpha value is -3.91. The standard InChI is InChI=1S/C34H32O6S/c1-24(35)39-34-32(40-33(36)29-19-17-28(18-20-29)27-15-9-4-10-16-27)31(38-22-26-13-7-3-8-14-26)30(41-34)23-37-21-25-11-5-2-6-12-25/h2-20,30-32,34H,21-23H2,1H3/t30-,31-,32+,34?/m1/s1. The molecule has 4 aromatic rings. The number of ether oxygens (including phenoxy) is 4. The molecule has 4 atom stereocenters. The van der Waals surface area contributed by atoms with Gasteiger partial charge in [0.15, 0.2) is 11.5 Å². The lowest BCUT2D eigenvalue weighted by Crippen LogP contribution is -2.41. The first-order valence-electron chi connectivity index (χ1n) is 13.5. The van der Waals surface area contributed by atoms with Gasteiger partial charge in [0.1, 0.15) is 6.10 Å². The van der Waals surface area contributed by atoms with Crippen molar-refractivity contribution in [1.82, 2.24) is 0 Å². The summed E-state index contributed by atoms with van der Waals surface area (Å²) in [5, 5.41) is -0.231. The van der Waals surface area contributed by atoms with Gasteiger partial charge in [0.25, 0.3) is 0 Å². The van der Waals surface area contributed by atoms with E-state index in [-0.39, 0.29) is 5.25 Å². The molecule has 0 amide bonds. The molecule has 0 bridgehead atoms. The molecule has 6 nitrogen and oxygen atoms in total. The van der Waals surface area contributed by atoms with Crippen molar-refractivity contribution in [1.29, 1.82) is 0 Å². The molecule has 0 spiro atoms. The van der Waals surface area contributed by atoms with E-state index in [4.69, 9.17) is 18.9 Å². The number of thioether (sulfide) groups is 1. The summed E-state index contributed by atoms with van der Waals surface area (Å²) in [5.74, 6) is -0.963. The Labute approximate surface area is 244 Å². The zero-order chi connectivity index (χ0) is 28.4. The molecule has 5 rings (SSSR count). The SMILES string of the molecule is CC(=O)OC1S[C@H](COCc2ccccc2)[C@@H](OCc2ccccc2)[C@@H]1OC(=O)c1ccc(-c2ccccc2)cc1. The molecule has 1 aliphatic heterocycles. The van der Waals surface area contributed by atoms with Crippen molar-refractivity contribution in [2.75, 3.05) is 6.61 Å². The smallest absolute Gasteiger partial charge is 0.338 e. The number of hydrogen-bond donors (Lipinski definition) is 0. The first kappa shape index (κ1) is 28.6. The lowest BCUT2D eigenvalue weighted by Gasteiger charge is -2.26. The van der Waals surface area contributed by atoms with E-state index in [1.807, 2.05) is 103 Å². The van der Waals surface area contributed by atoms with Gasteiger partial charge in [-0.05, 0) is 34.4 Å². The molecule has 0 aliphatic carbocycles. The number of carbonyl (C=O) groups is 2. The van der Waals surface area contributed by atoms with Gasteiger partial charge < -0.3 is 18.9 Å². The zero-order valence-electron chi connectivity index (χ0n) is 22.8. The average molecular weight is 569 g/mol. The van der Waals surface area contributed by atoms with Crippen LogP contribution in [0.4, 0.5) is 0 Å². The second-order valence-electron chi connectivity index (χ2n) is 9.73. The van der Waals surface area contributed by atoms with Crippen LogP contribution in [-0.2, 0) is 37.0 Å². The highest BCUT2D eigenvalue weighted by Crippen LogP contribution is 2.40. The number of benzene rings is 4. The number of hydrogen-bond acceptors (Lipinski definition) is 7. The van der Waals surface area contributed by atoms with Crippen LogP contribution in [0.5, 0.6) is 0 Å². The van der Waals surface area contributed by atoms with Gasteiger partial charge in [0, 0.05) is 6.92 Å². The normalized spacial score (nSPS) is 19.9. The Bertz CT molecular complexity index is 1400. The van der Waals surface area contributed by atoms with Crippen LogP contribution >= 0.6 is 11.8 Å². The monoisotopic (exact) mass is 568 g/mol. The molecule has 41 heavy (non-hydrogen) atoms. The zero-order valence-corrected chi connectivity index (χ0v) is 23.6. The second-order valence-corrected chi connectivity index (χ2v) is 11.1. The van der Waals surface area contributed by atoms with Crippen molar-refractivity contribution in [3.8, 4) is 11.1 Å².